The van der Waals surface area contributed by atoms with Crippen molar-refractivity contribution >= 4 is 33.2 Å². The summed E-state index contributed by atoms with van der Waals surface area (Å²) in [6, 6.07) is 12.2. The number of nitriles is 1. The van der Waals surface area contributed by atoms with E-state index in [1.165, 1.54) is 32.3 Å². The Labute approximate surface area is 156 Å². The molecule has 136 valence electrons. The highest BCUT2D eigenvalue weighted by molar-refractivity contribution is 7.89. The molecule has 2 aromatic rings. The fourth-order valence-electron chi connectivity index (χ4n) is 2.00. The Morgan fingerprint density at radius 1 is 1.23 bits per heavy atom. The van der Waals surface area contributed by atoms with Crippen molar-refractivity contribution in [2.45, 2.75) is 4.90 Å². The second-order valence-electron chi connectivity index (χ2n) is 5.35. The molecule has 0 bridgehead atoms. The number of rotatable bonds is 6. The molecular weight excluding hydrogens is 378 g/mol. The van der Waals surface area contributed by atoms with Crippen molar-refractivity contribution in [1.29, 1.82) is 5.26 Å². The van der Waals surface area contributed by atoms with Crippen LogP contribution in [0.15, 0.2) is 47.4 Å². The Morgan fingerprint density at radius 3 is 2.46 bits per heavy atom. The number of benzene rings is 2. The van der Waals surface area contributed by atoms with Crippen molar-refractivity contribution in [3.8, 4) is 11.8 Å². The zero-order chi connectivity index (χ0) is 19.3. The van der Waals surface area contributed by atoms with Crippen LogP contribution < -0.4 is 10.1 Å². The minimum Gasteiger partial charge on any atom is -0.479 e. The first-order valence-electron chi connectivity index (χ1n) is 7.39. The average molecular weight is 394 g/mol. The molecular formula is C17H16ClN3O4S. The molecule has 0 unspecified atom stereocenters. The topological polar surface area (TPSA) is 99.5 Å². The third-order valence-electron chi connectivity index (χ3n) is 3.38. The van der Waals surface area contributed by atoms with E-state index < -0.39 is 15.9 Å². The van der Waals surface area contributed by atoms with Gasteiger partial charge in [-0.25, -0.2) is 12.7 Å². The molecule has 0 atom stereocenters. The summed E-state index contributed by atoms with van der Waals surface area (Å²) in [6.07, 6.45) is 0. The fraction of sp³-hybridized carbons (Fsp3) is 0.176. The van der Waals surface area contributed by atoms with Crippen LogP contribution in [0.1, 0.15) is 10.4 Å². The molecule has 1 N–H and O–H groups in total. The van der Waals surface area contributed by atoms with Gasteiger partial charge in [-0.05, 0) is 42.5 Å². The van der Waals surface area contributed by atoms with Gasteiger partial charge in [-0.3, -0.25) is 4.79 Å². The van der Waals surface area contributed by atoms with Gasteiger partial charge >= 0.3 is 0 Å². The number of hydrogen-bond acceptors (Lipinski definition) is 5. The number of hydrogen-bond donors (Lipinski definition) is 1. The van der Waals surface area contributed by atoms with Gasteiger partial charge in [-0.1, -0.05) is 11.6 Å². The lowest BCUT2D eigenvalue weighted by Crippen LogP contribution is -2.23. The molecule has 0 fully saturated rings. The maximum Gasteiger partial charge on any atom is 0.257 e. The molecule has 2 aromatic carbocycles. The van der Waals surface area contributed by atoms with Gasteiger partial charge in [0, 0.05) is 19.8 Å². The van der Waals surface area contributed by atoms with Crippen molar-refractivity contribution in [2.24, 2.45) is 0 Å². The third-order valence-corrected chi connectivity index (χ3v) is 5.52. The van der Waals surface area contributed by atoms with Crippen LogP contribution in [0, 0.1) is 11.3 Å². The van der Waals surface area contributed by atoms with Crippen molar-refractivity contribution in [2.75, 3.05) is 26.0 Å². The largest absolute Gasteiger partial charge is 0.479 e. The second kappa shape index (κ2) is 8.19. The molecule has 0 aromatic heterocycles. The SMILES string of the molecule is CN(C)S(=O)(=O)c1ccc(Cl)c(C(=O)Nc2ccc(OCC#N)cc2)c1. The number of nitrogens with zero attached hydrogens (tertiary/aromatic N) is 2. The molecule has 26 heavy (non-hydrogen) atoms. The quantitative estimate of drug-likeness (QED) is 0.813. The van der Waals surface area contributed by atoms with Crippen LogP contribution in [-0.4, -0.2) is 39.3 Å². The summed E-state index contributed by atoms with van der Waals surface area (Å²) in [5.74, 6) is -0.0573. The number of carbonyl (C=O) groups is 1. The highest BCUT2D eigenvalue weighted by Crippen LogP contribution is 2.24. The van der Waals surface area contributed by atoms with E-state index in [2.05, 4.69) is 5.32 Å². The summed E-state index contributed by atoms with van der Waals surface area (Å²) in [5, 5.41) is 11.2. The summed E-state index contributed by atoms with van der Waals surface area (Å²) in [4.78, 5) is 12.4. The van der Waals surface area contributed by atoms with Crippen molar-refractivity contribution in [1.82, 2.24) is 4.31 Å². The molecule has 0 saturated heterocycles. The van der Waals surface area contributed by atoms with E-state index in [4.69, 9.17) is 21.6 Å². The number of amides is 1. The first-order chi connectivity index (χ1) is 12.3. The molecule has 0 saturated carbocycles. The lowest BCUT2D eigenvalue weighted by atomic mass is 10.2. The monoisotopic (exact) mass is 393 g/mol. The number of halogens is 1. The molecule has 0 radical (unpaired) electrons. The Balaban J connectivity index is 2.23. The molecule has 0 aliphatic rings. The van der Waals surface area contributed by atoms with Crippen LogP contribution in [0.4, 0.5) is 5.69 Å². The Kier molecular flexibility index (Phi) is 6.21. The average Bonchev–Trinajstić information content (AvgIpc) is 2.61. The third kappa shape index (κ3) is 4.52. The molecule has 2 rings (SSSR count). The van der Waals surface area contributed by atoms with E-state index in [1.807, 2.05) is 6.07 Å². The number of nitrogens with one attached hydrogen (secondary N) is 1. The predicted molar refractivity (Wildman–Crippen MR) is 97.8 cm³/mol. The highest BCUT2D eigenvalue weighted by Gasteiger charge is 2.20. The second-order valence-corrected chi connectivity index (χ2v) is 7.91. The maximum atomic E-state index is 12.5. The minimum absolute atomic E-state index is 0.0303. The van der Waals surface area contributed by atoms with E-state index in [9.17, 15) is 13.2 Å². The van der Waals surface area contributed by atoms with Gasteiger partial charge < -0.3 is 10.1 Å². The Hall–Kier alpha value is -2.60. The lowest BCUT2D eigenvalue weighted by Gasteiger charge is -2.13. The summed E-state index contributed by atoms with van der Waals surface area (Å²) in [7, 11) is -0.880. The van der Waals surface area contributed by atoms with Crippen LogP contribution in [0.2, 0.25) is 5.02 Å². The molecule has 0 aliphatic carbocycles. The molecule has 0 spiro atoms. The molecule has 9 heteroatoms. The first-order valence-corrected chi connectivity index (χ1v) is 9.20. The predicted octanol–water partition coefficient (Wildman–Crippen LogP) is 2.74. The van der Waals surface area contributed by atoms with E-state index in [1.54, 1.807) is 24.3 Å². The summed E-state index contributed by atoms with van der Waals surface area (Å²) in [6.45, 7) is -0.0749. The molecule has 7 nitrogen and oxygen atoms in total. The smallest absolute Gasteiger partial charge is 0.257 e. The zero-order valence-electron chi connectivity index (χ0n) is 14.1. The van der Waals surface area contributed by atoms with Crippen LogP contribution in [-0.2, 0) is 10.0 Å². The number of anilines is 1. The van der Waals surface area contributed by atoms with Crippen LogP contribution in [0.5, 0.6) is 5.75 Å². The van der Waals surface area contributed by atoms with Gasteiger partial charge in [-0.2, -0.15) is 5.26 Å². The van der Waals surface area contributed by atoms with Crippen molar-refractivity contribution < 1.29 is 17.9 Å². The minimum atomic E-state index is -3.69. The lowest BCUT2D eigenvalue weighted by molar-refractivity contribution is 0.102. The number of sulfonamides is 1. The maximum absolute atomic E-state index is 12.5. The van der Waals surface area contributed by atoms with E-state index in [-0.39, 0.29) is 22.1 Å². The number of ether oxygens (including phenoxy) is 1. The van der Waals surface area contributed by atoms with E-state index >= 15 is 0 Å². The van der Waals surface area contributed by atoms with E-state index in [0.29, 0.717) is 11.4 Å². The van der Waals surface area contributed by atoms with Gasteiger partial charge in [0.15, 0.2) is 6.61 Å². The van der Waals surface area contributed by atoms with Gasteiger partial charge in [0.1, 0.15) is 11.8 Å². The van der Waals surface area contributed by atoms with Gasteiger partial charge in [-0.15, -0.1) is 0 Å². The Bertz CT molecular complexity index is 951. The molecule has 0 heterocycles. The summed E-state index contributed by atoms with van der Waals surface area (Å²) >= 11 is 6.05. The highest BCUT2D eigenvalue weighted by atomic mass is 35.5. The van der Waals surface area contributed by atoms with Gasteiger partial charge in [0.2, 0.25) is 10.0 Å². The standard InChI is InChI=1S/C17H16ClN3O4S/c1-21(2)26(23,24)14-7-8-16(18)15(11-14)17(22)20-12-3-5-13(6-4-12)25-10-9-19/h3-8,11H,10H2,1-2H3,(H,20,22). The van der Waals surface area contributed by atoms with Crippen molar-refractivity contribution in [3.05, 3.63) is 53.1 Å². The van der Waals surface area contributed by atoms with E-state index in [0.717, 1.165) is 4.31 Å². The Morgan fingerprint density at radius 2 is 1.88 bits per heavy atom. The van der Waals surface area contributed by atoms with Crippen LogP contribution in [0.3, 0.4) is 0 Å². The van der Waals surface area contributed by atoms with Crippen LogP contribution >= 0.6 is 11.6 Å². The van der Waals surface area contributed by atoms with Gasteiger partial charge in [0.25, 0.3) is 5.91 Å². The first kappa shape index (κ1) is 19.7. The summed E-state index contributed by atoms with van der Waals surface area (Å²) < 4.78 is 30.6. The molecule has 0 aliphatic heterocycles. The van der Waals surface area contributed by atoms with Crippen molar-refractivity contribution in [3.63, 3.8) is 0 Å². The normalized spacial score (nSPS) is 11.0. The zero-order valence-corrected chi connectivity index (χ0v) is 15.6. The molecule has 1 amide bonds. The van der Waals surface area contributed by atoms with Gasteiger partial charge in [0.05, 0.1) is 15.5 Å². The number of carbonyl (C=O) groups excluding carboxylic acids is 1. The summed E-state index contributed by atoms with van der Waals surface area (Å²) in [5.41, 5.74) is 0.510. The van der Waals surface area contributed by atoms with Crippen LogP contribution in [0.25, 0.3) is 0 Å². The fourth-order valence-corrected chi connectivity index (χ4v) is 3.13.